The van der Waals surface area contributed by atoms with Crippen LogP contribution in [0.4, 0.5) is 0 Å². The van der Waals surface area contributed by atoms with Crippen molar-refractivity contribution < 1.29 is 14.7 Å². The van der Waals surface area contributed by atoms with E-state index < -0.39 is 5.97 Å². The minimum atomic E-state index is -0.982. The maximum absolute atomic E-state index is 12.0. The Balaban J connectivity index is 1.58. The van der Waals surface area contributed by atoms with Crippen LogP contribution >= 0.6 is 34.4 Å². The van der Waals surface area contributed by atoms with Gasteiger partial charge in [-0.1, -0.05) is 23.9 Å². The number of carboxylic acid groups (broad SMARTS) is 1. The summed E-state index contributed by atoms with van der Waals surface area (Å²) >= 11 is 4.31. The summed E-state index contributed by atoms with van der Waals surface area (Å²) in [6.45, 7) is 0.324. The highest BCUT2D eigenvalue weighted by Crippen LogP contribution is 2.27. The van der Waals surface area contributed by atoms with Gasteiger partial charge in [-0.3, -0.25) is 14.2 Å². The summed E-state index contributed by atoms with van der Waals surface area (Å²) in [7, 11) is 0. The van der Waals surface area contributed by atoms with Crippen LogP contribution in [-0.2, 0) is 22.6 Å². The van der Waals surface area contributed by atoms with E-state index in [9.17, 15) is 9.59 Å². The lowest BCUT2D eigenvalue weighted by Crippen LogP contribution is -2.27. The van der Waals surface area contributed by atoms with Crippen molar-refractivity contribution in [1.82, 2.24) is 20.1 Å². The van der Waals surface area contributed by atoms with E-state index in [1.54, 1.807) is 11.3 Å². The van der Waals surface area contributed by atoms with Gasteiger partial charge in [0, 0.05) is 11.4 Å². The fourth-order valence-corrected chi connectivity index (χ4v) is 4.42. The number of aliphatic carboxylic acids is 1. The number of thiophene rings is 2. The molecule has 3 aromatic rings. The number of hydrogen-bond acceptors (Lipinski definition) is 7. The molecule has 3 rings (SSSR count). The van der Waals surface area contributed by atoms with Crippen LogP contribution in [0.25, 0.3) is 10.7 Å². The Morgan fingerprint density at radius 1 is 1.19 bits per heavy atom. The fourth-order valence-electron chi connectivity index (χ4n) is 2.22. The average molecular weight is 409 g/mol. The molecule has 26 heavy (non-hydrogen) atoms. The smallest absolute Gasteiger partial charge is 0.323 e. The number of nitrogens with one attached hydrogen (secondary N) is 1. The normalized spacial score (nSPS) is 10.8. The van der Waals surface area contributed by atoms with Crippen LogP contribution in [0.2, 0.25) is 0 Å². The molecule has 0 atom stereocenters. The highest BCUT2D eigenvalue weighted by molar-refractivity contribution is 7.99. The molecule has 0 bridgehead atoms. The Hall–Kier alpha value is -2.17. The highest BCUT2D eigenvalue weighted by Gasteiger charge is 2.18. The first-order valence-electron chi connectivity index (χ1n) is 7.74. The Morgan fingerprint density at radius 2 is 2.00 bits per heavy atom. The second-order valence-electron chi connectivity index (χ2n) is 5.23. The SMILES string of the molecule is O=C(O)Cn1c(SCC(=O)NCCc2cccs2)nnc1-c1cccs1. The third kappa shape index (κ3) is 4.93. The van der Waals surface area contributed by atoms with Gasteiger partial charge < -0.3 is 10.4 Å². The largest absolute Gasteiger partial charge is 0.480 e. The lowest BCUT2D eigenvalue weighted by Gasteiger charge is -2.07. The summed E-state index contributed by atoms with van der Waals surface area (Å²) in [5.74, 6) is -0.436. The summed E-state index contributed by atoms with van der Waals surface area (Å²) < 4.78 is 1.53. The fraction of sp³-hybridized carbons (Fsp3) is 0.250. The Kier molecular flexibility index (Phi) is 6.42. The van der Waals surface area contributed by atoms with Crippen LogP contribution in [0.1, 0.15) is 4.88 Å². The molecule has 1 amide bonds. The summed E-state index contributed by atoms with van der Waals surface area (Å²) in [5.41, 5.74) is 0. The molecule has 7 nitrogen and oxygen atoms in total. The van der Waals surface area contributed by atoms with Crippen molar-refractivity contribution in [1.29, 1.82) is 0 Å². The van der Waals surface area contributed by atoms with Crippen LogP contribution in [0.5, 0.6) is 0 Å². The van der Waals surface area contributed by atoms with E-state index >= 15 is 0 Å². The molecular weight excluding hydrogens is 392 g/mol. The van der Waals surface area contributed by atoms with Crippen molar-refractivity contribution in [3.8, 4) is 10.7 Å². The highest BCUT2D eigenvalue weighted by atomic mass is 32.2. The summed E-state index contributed by atoms with van der Waals surface area (Å²) in [4.78, 5) is 25.2. The van der Waals surface area contributed by atoms with E-state index in [1.807, 2.05) is 35.0 Å². The number of carbonyl (C=O) groups excluding carboxylic acids is 1. The van der Waals surface area contributed by atoms with Crippen molar-refractivity contribution in [2.75, 3.05) is 12.3 Å². The van der Waals surface area contributed by atoms with Crippen LogP contribution in [0, 0.1) is 0 Å². The Bertz CT molecular complexity index is 860. The number of carbonyl (C=O) groups is 2. The van der Waals surface area contributed by atoms with Crippen LogP contribution < -0.4 is 5.32 Å². The topological polar surface area (TPSA) is 97.1 Å². The molecule has 0 aromatic carbocycles. The summed E-state index contributed by atoms with van der Waals surface area (Å²) in [6, 6.07) is 7.75. The van der Waals surface area contributed by atoms with E-state index in [0.29, 0.717) is 17.5 Å². The maximum atomic E-state index is 12.0. The van der Waals surface area contributed by atoms with Gasteiger partial charge in [0.2, 0.25) is 5.91 Å². The molecule has 0 spiro atoms. The number of amides is 1. The van der Waals surface area contributed by atoms with Gasteiger partial charge in [0.05, 0.1) is 10.6 Å². The molecule has 0 saturated heterocycles. The second-order valence-corrected chi connectivity index (χ2v) is 8.15. The molecule has 0 saturated carbocycles. The molecule has 2 N–H and O–H groups in total. The number of nitrogens with zero attached hydrogens (tertiary/aromatic N) is 3. The lowest BCUT2D eigenvalue weighted by molar-refractivity contribution is -0.137. The quantitative estimate of drug-likeness (QED) is 0.528. The molecule has 0 aliphatic carbocycles. The molecule has 0 radical (unpaired) electrons. The maximum Gasteiger partial charge on any atom is 0.323 e. The predicted molar refractivity (Wildman–Crippen MR) is 103 cm³/mol. The molecule has 3 heterocycles. The minimum absolute atomic E-state index is 0.117. The van der Waals surface area contributed by atoms with Gasteiger partial charge in [-0.2, -0.15) is 0 Å². The van der Waals surface area contributed by atoms with Gasteiger partial charge in [0.1, 0.15) is 6.54 Å². The number of aromatic nitrogens is 3. The Labute approximate surface area is 162 Å². The number of rotatable bonds is 9. The minimum Gasteiger partial charge on any atom is -0.480 e. The van der Waals surface area contributed by atoms with Gasteiger partial charge in [-0.15, -0.1) is 32.9 Å². The van der Waals surface area contributed by atoms with E-state index in [4.69, 9.17) is 5.11 Å². The van der Waals surface area contributed by atoms with Crippen LogP contribution in [0.3, 0.4) is 0 Å². The molecule has 0 fully saturated rings. The average Bonchev–Trinajstić information content (AvgIpc) is 3.34. The van der Waals surface area contributed by atoms with Crippen molar-refractivity contribution in [3.05, 3.63) is 39.9 Å². The summed E-state index contributed by atoms with van der Waals surface area (Å²) in [6.07, 6.45) is 0.797. The Morgan fingerprint density at radius 3 is 2.69 bits per heavy atom. The van der Waals surface area contributed by atoms with Gasteiger partial charge >= 0.3 is 5.97 Å². The third-order valence-electron chi connectivity index (χ3n) is 3.36. The van der Waals surface area contributed by atoms with Crippen LogP contribution in [-0.4, -0.2) is 44.0 Å². The number of thioether (sulfide) groups is 1. The number of hydrogen-bond donors (Lipinski definition) is 2. The van der Waals surface area contributed by atoms with Gasteiger partial charge in [0.15, 0.2) is 11.0 Å². The molecule has 136 valence electrons. The summed E-state index contributed by atoms with van der Waals surface area (Å²) in [5, 5.41) is 24.5. The second kappa shape index (κ2) is 8.97. The number of carboxylic acids is 1. The third-order valence-corrected chi connectivity index (χ3v) is 6.13. The van der Waals surface area contributed by atoms with E-state index in [-0.39, 0.29) is 18.2 Å². The molecular formula is C16H16N4O3S3. The van der Waals surface area contributed by atoms with Crippen molar-refractivity contribution in [2.45, 2.75) is 18.1 Å². The van der Waals surface area contributed by atoms with E-state index in [1.165, 1.54) is 32.5 Å². The van der Waals surface area contributed by atoms with Crippen molar-refractivity contribution in [3.63, 3.8) is 0 Å². The van der Waals surface area contributed by atoms with Gasteiger partial charge in [0.25, 0.3) is 0 Å². The molecule has 3 aromatic heterocycles. The van der Waals surface area contributed by atoms with Crippen molar-refractivity contribution >= 4 is 46.3 Å². The molecule has 10 heteroatoms. The first-order valence-corrected chi connectivity index (χ1v) is 10.5. The van der Waals surface area contributed by atoms with E-state index in [2.05, 4.69) is 15.5 Å². The first-order chi connectivity index (χ1) is 12.6. The zero-order valence-electron chi connectivity index (χ0n) is 13.6. The first kappa shape index (κ1) is 18.6. The predicted octanol–water partition coefficient (Wildman–Crippen LogP) is 2.60. The zero-order chi connectivity index (χ0) is 18.4. The van der Waals surface area contributed by atoms with Crippen molar-refractivity contribution in [2.24, 2.45) is 0 Å². The zero-order valence-corrected chi connectivity index (χ0v) is 16.1. The monoisotopic (exact) mass is 408 g/mol. The molecule has 0 aliphatic heterocycles. The van der Waals surface area contributed by atoms with Crippen LogP contribution in [0.15, 0.2) is 40.2 Å². The molecule has 0 aliphatic rings. The molecule has 0 unspecified atom stereocenters. The lowest BCUT2D eigenvalue weighted by atomic mass is 10.3. The van der Waals surface area contributed by atoms with E-state index in [0.717, 1.165) is 11.3 Å². The standard InChI is InChI=1S/C16H16N4O3S3/c21-13(17-6-5-11-3-1-7-24-11)10-26-16-19-18-15(12-4-2-8-25-12)20(16)9-14(22)23/h1-4,7-8H,5-6,9-10H2,(H,17,21)(H,22,23). The van der Waals surface area contributed by atoms with Gasteiger partial charge in [-0.05, 0) is 29.3 Å². The van der Waals surface area contributed by atoms with Gasteiger partial charge in [-0.25, -0.2) is 0 Å².